The average Bonchev–Trinajstić information content (AvgIpc) is 2.29. The third-order valence-corrected chi connectivity index (χ3v) is 1.42. The molecule has 0 aromatic carbocycles. The lowest BCUT2D eigenvalue weighted by atomic mass is 10.3. The van der Waals surface area contributed by atoms with Crippen LogP contribution in [0.1, 0.15) is 12.2 Å². The van der Waals surface area contributed by atoms with Crippen molar-refractivity contribution in [1.29, 1.82) is 0 Å². The van der Waals surface area contributed by atoms with Gasteiger partial charge in [0, 0.05) is 6.42 Å². The molecular weight excluding hydrogens is 187 g/mol. The van der Waals surface area contributed by atoms with Crippen molar-refractivity contribution in [3.8, 4) is 0 Å². The van der Waals surface area contributed by atoms with Gasteiger partial charge in [-0.1, -0.05) is 0 Å². The highest BCUT2D eigenvalue weighted by Gasteiger charge is 2.27. The van der Waals surface area contributed by atoms with Gasteiger partial charge in [-0.15, -0.1) is 10.2 Å². The number of nitrogens with two attached hydrogens (primary N) is 2. The maximum atomic E-state index is 11.8. The van der Waals surface area contributed by atoms with Crippen molar-refractivity contribution in [3.05, 3.63) is 5.82 Å². The first-order valence-electron chi connectivity index (χ1n) is 3.42. The molecule has 5 nitrogen and oxygen atoms in total. The van der Waals surface area contributed by atoms with E-state index in [1.165, 1.54) is 0 Å². The molecular formula is C5H8F3N5. The molecule has 0 atom stereocenters. The molecule has 4 N–H and O–H groups in total. The predicted molar refractivity (Wildman–Crippen MR) is 39.0 cm³/mol. The van der Waals surface area contributed by atoms with Crippen LogP contribution in [0.5, 0.6) is 0 Å². The minimum Gasteiger partial charge on any atom is -0.366 e. The van der Waals surface area contributed by atoms with Crippen LogP contribution in [0.3, 0.4) is 0 Å². The predicted octanol–water partition coefficient (Wildman–Crippen LogP) is 0.0690. The van der Waals surface area contributed by atoms with Gasteiger partial charge in [-0.3, -0.25) is 0 Å². The van der Waals surface area contributed by atoms with Crippen molar-refractivity contribution in [2.75, 3.05) is 11.6 Å². The highest BCUT2D eigenvalue weighted by atomic mass is 19.4. The third kappa shape index (κ3) is 2.49. The number of rotatable bonds is 2. The van der Waals surface area contributed by atoms with E-state index >= 15 is 0 Å². The summed E-state index contributed by atoms with van der Waals surface area (Å²) in [4.78, 5) is 0. The topological polar surface area (TPSA) is 82.8 Å². The van der Waals surface area contributed by atoms with Gasteiger partial charge in [-0.2, -0.15) is 13.2 Å². The van der Waals surface area contributed by atoms with E-state index in [1.807, 2.05) is 0 Å². The smallest absolute Gasteiger partial charge is 0.366 e. The van der Waals surface area contributed by atoms with E-state index in [4.69, 9.17) is 11.6 Å². The van der Waals surface area contributed by atoms with Crippen molar-refractivity contribution in [2.45, 2.75) is 19.0 Å². The number of anilines is 1. The maximum absolute atomic E-state index is 11.8. The van der Waals surface area contributed by atoms with E-state index in [-0.39, 0.29) is 18.2 Å². The van der Waals surface area contributed by atoms with Crippen molar-refractivity contribution < 1.29 is 13.2 Å². The van der Waals surface area contributed by atoms with E-state index in [9.17, 15) is 13.2 Å². The van der Waals surface area contributed by atoms with Crippen LogP contribution in [-0.2, 0) is 6.42 Å². The second kappa shape index (κ2) is 3.11. The van der Waals surface area contributed by atoms with Crippen molar-refractivity contribution in [3.63, 3.8) is 0 Å². The number of aromatic nitrogens is 3. The quantitative estimate of drug-likeness (QED) is 0.654. The number of alkyl halides is 3. The van der Waals surface area contributed by atoms with E-state index in [1.54, 1.807) is 0 Å². The molecule has 0 saturated heterocycles. The summed E-state index contributed by atoms with van der Waals surface area (Å²) in [7, 11) is 0. The van der Waals surface area contributed by atoms with Gasteiger partial charge in [0.05, 0.1) is 6.42 Å². The van der Waals surface area contributed by atoms with Gasteiger partial charge in [0.25, 0.3) is 0 Å². The van der Waals surface area contributed by atoms with Crippen molar-refractivity contribution in [1.82, 2.24) is 14.9 Å². The zero-order valence-electron chi connectivity index (χ0n) is 6.54. The molecule has 8 heteroatoms. The minimum atomic E-state index is -4.22. The number of aryl methyl sites for hydroxylation is 1. The summed E-state index contributed by atoms with van der Waals surface area (Å²) >= 11 is 0. The zero-order valence-corrected chi connectivity index (χ0v) is 6.54. The first-order valence-corrected chi connectivity index (χ1v) is 3.42. The van der Waals surface area contributed by atoms with Crippen LogP contribution < -0.4 is 11.6 Å². The molecule has 0 saturated carbocycles. The van der Waals surface area contributed by atoms with Gasteiger partial charge in [-0.05, 0) is 0 Å². The van der Waals surface area contributed by atoms with Crippen molar-refractivity contribution in [2.24, 2.45) is 0 Å². The molecule has 0 amide bonds. The van der Waals surface area contributed by atoms with E-state index in [2.05, 4.69) is 10.2 Å². The first-order chi connectivity index (χ1) is 5.90. The molecule has 13 heavy (non-hydrogen) atoms. The van der Waals surface area contributed by atoms with E-state index in [0.717, 1.165) is 4.68 Å². The summed E-state index contributed by atoms with van der Waals surface area (Å²) in [6.45, 7) is 0. The molecule has 0 bridgehead atoms. The van der Waals surface area contributed by atoms with Crippen LogP contribution in [0, 0.1) is 0 Å². The number of hydrogen-bond acceptors (Lipinski definition) is 4. The average molecular weight is 195 g/mol. The van der Waals surface area contributed by atoms with Crippen LogP contribution in [0.2, 0.25) is 0 Å². The molecule has 1 aromatic heterocycles. The van der Waals surface area contributed by atoms with E-state index in [0.29, 0.717) is 0 Å². The molecule has 0 radical (unpaired) electrons. The standard InChI is InChI=1S/C5H8F3N5/c6-5(7,8)2-1-3-11-12-4(9)13(3)10/h1-2,10H2,(H2,9,12). The van der Waals surface area contributed by atoms with E-state index < -0.39 is 12.6 Å². The number of nitrogens with zero attached hydrogens (tertiary/aromatic N) is 3. The van der Waals surface area contributed by atoms with Crippen LogP contribution in [0.4, 0.5) is 19.1 Å². The largest absolute Gasteiger partial charge is 0.389 e. The summed E-state index contributed by atoms with van der Waals surface area (Å²) in [6, 6.07) is 0. The summed E-state index contributed by atoms with van der Waals surface area (Å²) in [5.41, 5.74) is 5.16. The molecule has 0 fully saturated rings. The fraction of sp³-hybridized carbons (Fsp3) is 0.600. The zero-order chi connectivity index (χ0) is 10.1. The Morgan fingerprint density at radius 1 is 1.31 bits per heavy atom. The molecule has 0 unspecified atom stereocenters. The third-order valence-electron chi connectivity index (χ3n) is 1.42. The Labute approximate surface area is 71.5 Å². The highest BCUT2D eigenvalue weighted by molar-refractivity contribution is 5.17. The Morgan fingerprint density at radius 3 is 2.31 bits per heavy atom. The fourth-order valence-electron chi connectivity index (χ4n) is 0.762. The van der Waals surface area contributed by atoms with Gasteiger partial charge in [0.15, 0.2) is 5.82 Å². The Hall–Kier alpha value is -1.47. The summed E-state index contributed by atoms with van der Waals surface area (Å²) in [6.07, 6.45) is -5.52. The number of hydrogen-bond donors (Lipinski definition) is 2. The Morgan fingerprint density at radius 2 is 1.92 bits per heavy atom. The van der Waals surface area contributed by atoms with Crippen molar-refractivity contribution >= 4 is 5.95 Å². The number of nitrogen functional groups attached to an aromatic ring is 2. The van der Waals surface area contributed by atoms with Crippen LogP contribution in [0.25, 0.3) is 0 Å². The molecule has 0 aliphatic rings. The second-order valence-corrected chi connectivity index (χ2v) is 2.46. The molecule has 1 rings (SSSR count). The molecule has 0 spiro atoms. The molecule has 1 heterocycles. The first kappa shape index (κ1) is 9.62. The minimum absolute atomic E-state index is 0.0230. The molecule has 74 valence electrons. The fourth-order valence-corrected chi connectivity index (χ4v) is 0.762. The normalized spacial score (nSPS) is 11.9. The second-order valence-electron chi connectivity index (χ2n) is 2.46. The lowest BCUT2D eigenvalue weighted by Gasteiger charge is -2.04. The molecule has 1 aromatic rings. The lowest BCUT2D eigenvalue weighted by Crippen LogP contribution is -2.18. The molecule has 0 aliphatic carbocycles. The van der Waals surface area contributed by atoms with Crippen LogP contribution in [0.15, 0.2) is 0 Å². The summed E-state index contributed by atoms with van der Waals surface area (Å²) in [5.74, 6) is 5.15. The van der Waals surface area contributed by atoms with Gasteiger partial charge < -0.3 is 11.6 Å². The van der Waals surface area contributed by atoms with Crippen LogP contribution >= 0.6 is 0 Å². The van der Waals surface area contributed by atoms with Gasteiger partial charge in [0.1, 0.15) is 0 Å². The Bertz CT molecular complexity index is 291. The highest BCUT2D eigenvalue weighted by Crippen LogP contribution is 2.21. The molecule has 0 aliphatic heterocycles. The SMILES string of the molecule is Nc1nnc(CCC(F)(F)F)n1N. The summed E-state index contributed by atoms with van der Waals surface area (Å²) in [5, 5.41) is 6.70. The lowest BCUT2D eigenvalue weighted by molar-refractivity contribution is -0.134. The number of halogens is 3. The van der Waals surface area contributed by atoms with Gasteiger partial charge in [-0.25, -0.2) is 4.68 Å². The van der Waals surface area contributed by atoms with Crippen LogP contribution in [-0.4, -0.2) is 21.0 Å². The summed E-state index contributed by atoms with van der Waals surface area (Å²) < 4.78 is 36.1. The maximum Gasteiger partial charge on any atom is 0.389 e. The monoisotopic (exact) mass is 195 g/mol. The van der Waals surface area contributed by atoms with Gasteiger partial charge in [0.2, 0.25) is 5.95 Å². The Balaban J connectivity index is 2.60. The van der Waals surface area contributed by atoms with Gasteiger partial charge >= 0.3 is 6.18 Å². The Kier molecular flexibility index (Phi) is 2.30.